The van der Waals surface area contributed by atoms with Gasteiger partial charge in [-0.05, 0) is 121 Å². The van der Waals surface area contributed by atoms with Gasteiger partial charge in [0.25, 0.3) is 0 Å². The van der Waals surface area contributed by atoms with E-state index in [-0.39, 0.29) is 18.2 Å². The largest absolute Gasteiger partial charge is 0.375 e. The number of anilines is 1. The molecular formula is C47H52IN13O2. The predicted molar refractivity (Wildman–Crippen MR) is 259 cm³/mol. The summed E-state index contributed by atoms with van der Waals surface area (Å²) in [6.07, 6.45) is 8.94. The van der Waals surface area contributed by atoms with Crippen LogP contribution >= 0.6 is 22.6 Å². The quantitative estimate of drug-likeness (QED) is 0.0286. The molecule has 0 spiro atoms. The molecule has 0 unspecified atom stereocenters. The van der Waals surface area contributed by atoms with Crippen LogP contribution in [0.4, 0.5) is 28.4 Å². The van der Waals surface area contributed by atoms with Crippen LogP contribution in [0.3, 0.4) is 0 Å². The van der Waals surface area contributed by atoms with Crippen molar-refractivity contribution in [3.8, 4) is 11.4 Å². The lowest BCUT2D eigenvalue weighted by atomic mass is 10.1. The second kappa shape index (κ2) is 24.2. The number of amides is 2. The Hall–Kier alpha value is -6.53. The second-order valence-corrected chi connectivity index (χ2v) is 15.6. The van der Waals surface area contributed by atoms with E-state index in [1.54, 1.807) is 0 Å². The van der Waals surface area contributed by atoms with Crippen LogP contribution in [0, 0.1) is 3.57 Å². The van der Waals surface area contributed by atoms with E-state index in [0.717, 1.165) is 79.9 Å². The van der Waals surface area contributed by atoms with Crippen molar-refractivity contribution in [3.05, 3.63) is 136 Å². The first-order valence-electron chi connectivity index (χ1n) is 21.0. The number of carbonyl (C=O) groups is 2. The molecule has 0 bridgehead atoms. The van der Waals surface area contributed by atoms with E-state index in [0.29, 0.717) is 44.8 Å². The van der Waals surface area contributed by atoms with Crippen LogP contribution in [-0.2, 0) is 16.0 Å². The molecule has 3 N–H and O–H groups in total. The zero-order chi connectivity index (χ0) is 44.2. The standard InChI is InChI=1S/C47H52IN13O2/c1-4-61(5-2)40-22-24-43(44(32-40)54-36-10-7-6-8-11-36)55-42-23-19-38(31-41(42)48)57-56-37-17-20-39(21-18-37)60(3)29-9-12-45(62)50-27-25-49-26-28-51-46(63)30-34-13-15-35(16-14-34)47-58-52-33-53-59-47/h6-8,10-11,13-24,31-33,49H,4-5,9,12,25-30H2,1-3H3,(H,50,62)(H,51,63)/b54-44+,55-43-,57-56+. The molecule has 2 amide bonds. The Kier molecular flexibility index (Phi) is 17.7. The van der Waals surface area contributed by atoms with Gasteiger partial charge in [0.15, 0.2) is 6.33 Å². The van der Waals surface area contributed by atoms with Crippen LogP contribution in [0.25, 0.3) is 11.4 Å². The first-order chi connectivity index (χ1) is 30.8. The summed E-state index contributed by atoms with van der Waals surface area (Å²) in [6, 6.07) is 31.1. The van der Waals surface area contributed by atoms with Crippen molar-refractivity contribution in [3.63, 3.8) is 0 Å². The van der Waals surface area contributed by atoms with Gasteiger partial charge in [0.2, 0.25) is 17.6 Å². The summed E-state index contributed by atoms with van der Waals surface area (Å²) in [5.74, 6) is 0.378. The van der Waals surface area contributed by atoms with E-state index in [1.165, 1.54) is 6.33 Å². The third-order valence-electron chi connectivity index (χ3n) is 9.97. The molecule has 324 valence electrons. The Labute approximate surface area is 382 Å². The fourth-order valence-corrected chi connectivity index (χ4v) is 7.15. The molecule has 1 heterocycles. The number of allylic oxidation sites excluding steroid dienone is 3. The number of hydrogen-bond acceptors (Lipinski definition) is 13. The second-order valence-electron chi connectivity index (χ2n) is 14.5. The molecule has 0 saturated heterocycles. The minimum atomic E-state index is -0.0664. The van der Waals surface area contributed by atoms with Crippen molar-refractivity contribution in [1.29, 1.82) is 0 Å². The molecule has 1 aliphatic rings. The SMILES string of the molecule is CCN(CC)C1=CC(=N\c2ccccc2)/C(=N\c2ccc(/N=N/c3ccc(N(C)CCCC(=O)NCCNCCNC(=O)Cc4ccc(-c5nncnn5)cc4)cc3)cc2I)C=C1. The zero-order valence-electron chi connectivity index (χ0n) is 35.8. The molecule has 5 aromatic rings. The number of carbonyl (C=O) groups excluding carboxylic acids is 2. The first-order valence-corrected chi connectivity index (χ1v) is 22.1. The topological polar surface area (TPSA) is 178 Å². The number of rotatable bonds is 21. The lowest BCUT2D eigenvalue weighted by Crippen LogP contribution is -2.36. The molecule has 0 radical (unpaired) electrons. The summed E-state index contributed by atoms with van der Waals surface area (Å²) in [5.41, 5.74) is 8.61. The van der Waals surface area contributed by atoms with Gasteiger partial charge in [0.1, 0.15) is 0 Å². The van der Waals surface area contributed by atoms with Gasteiger partial charge in [-0.25, -0.2) is 9.98 Å². The van der Waals surface area contributed by atoms with E-state index in [1.807, 2.05) is 110 Å². The van der Waals surface area contributed by atoms with Crippen LogP contribution in [0.1, 0.15) is 32.3 Å². The molecule has 0 aliphatic heterocycles. The predicted octanol–water partition coefficient (Wildman–Crippen LogP) is 7.88. The number of nitrogens with one attached hydrogen (secondary N) is 3. The molecule has 16 heteroatoms. The molecule has 1 aromatic heterocycles. The van der Waals surface area contributed by atoms with Gasteiger partial charge in [-0.1, -0.05) is 42.5 Å². The van der Waals surface area contributed by atoms with Gasteiger partial charge >= 0.3 is 0 Å². The van der Waals surface area contributed by atoms with Crippen LogP contribution in [0.15, 0.2) is 148 Å². The molecule has 4 aromatic carbocycles. The molecule has 6 rings (SSSR count). The third-order valence-corrected chi connectivity index (χ3v) is 10.8. The maximum absolute atomic E-state index is 12.4. The molecule has 15 nitrogen and oxygen atoms in total. The van der Waals surface area contributed by atoms with E-state index in [9.17, 15) is 9.59 Å². The van der Waals surface area contributed by atoms with E-state index >= 15 is 0 Å². The van der Waals surface area contributed by atoms with Crippen molar-refractivity contribution in [2.75, 3.05) is 57.8 Å². The summed E-state index contributed by atoms with van der Waals surface area (Å²) in [5, 5.41) is 33.4. The van der Waals surface area contributed by atoms with Gasteiger partial charge in [-0.2, -0.15) is 10.2 Å². The molecule has 0 atom stereocenters. The lowest BCUT2D eigenvalue weighted by Gasteiger charge is -2.24. The highest BCUT2D eigenvalue weighted by atomic mass is 127. The first kappa shape index (κ1) is 46.0. The van der Waals surface area contributed by atoms with Gasteiger partial charge in [0.05, 0.1) is 40.6 Å². The minimum absolute atomic E-state index is 0.0100. The van der Waals surface area contributed by atoms with E-state index < -0.39 is 0 Å². The van der Waals surface area contributed by atoms with Gasteiger partial charge in [-0.3, -0.25) is 9.59 Å². The number of halogens is 1. The highest BCUT2D eigenvalue weighted by Crippen LogP contribution is 2.29. The molecule has 1 aliphatic carbocycles. The molecule has 0 fully saturated rings. The minimum Gasteiger partial charge on any atom is -0.375 e. The van der Waals surface area contributed by atoms with Crippen molar-refractivity contribution < 1.29 is 9.59 Å². The molecular weight excluding hydrogens is 906 g/mol. The Morgan fingerprint density at radius 2 is 1.40 bits per heavy atom. The van der Waals surface area contributed by atoms with Gasteiger partial charge in [-0.15, -0.1) is 20.4 Å². The highest BCUT2D eigenvalue weighted by Gasteiger charge is 2.15. The number of hydrogen-bond donors (Lipinski definition) is 3. The zero-order valence-corrected chi connectivity index (χ0v) is 37.9. The maximum Gasteiger partial charge on any atom is 0.224 e. The van der Waals surface area contributed by atoms with E-state index in [4.69, 9.17) is 9.98 Å². The smallest absolute Gasteiger partial charge is 0.224 e. The highest BCUT2D eigenvalue weighted by molar-refractivity contribution is 14.1. The normalized spacial score (nSPS) is 13.6. The Bertz CT molecular complexity index is 2420. The number of likely N-dealkylation sites (N-methyl/N-ethyl adjacent to an activating group) is 1. The van der Waals surface area contributed by atoms with Crippen LogP contribution in [0.2, 0.25) is 0 Å². The average molecular weight is 958 g/mol. The van der Waals surface area contributed by atoms with Crippen molar-refractivity contribution in [1.82, 2.24) is 41.2 Å². The Morgan fingerprint density at radius 1 is 0.714 bits per heavy atom. The molecule has 0 saturated carbocycles. The summed E-state index contributed by atoms with van der Waals surface area (Å²) in [4.78, 5) is 39.2. The number of azo groups is 1. The fraction of sp³-hybridized carbons (Fsp3) is 0.277. The number of aliphatic imine (C=N–C) groups is 2. The number of nitrogens with zero attached hydrogens (tertiary/aromatic N) is 10. The summed E-state index contributed by atoms with van der Waals surface area (Å²) in [6.45, 7) is 9.06. The maximum atomic E-state index is 12.4. The average Bonchev–Trinajstić information content (AvgIpc) is 3.31. The van der Waals surface area contributed by atoms with Crippen molar-refractivity contribution in [2.45, 2.75) is 33.1 Å². The van der Waals surface area contributed by atoms with Crippen LogP contribution in [0.5, 0.6) is 0 Å². The Balaban J connectivity index is 0.876. The van der Waals surface area contributed by atoms with Crippen molar-refractivity contribution >= 4 is 74.3 Å². The number of benzene rings is 4. The monoisotopic (exact) mass is 957 g/mol. The van der Waals surface area contributed by atoms with E-state index in [2.05, 4.69) is 105 Å². The summed E-state index contributed by atoms with van der Waals surface area (Å²) < 4.78 is 0.954. The van der Waals surface area contributed by atoms with Crippen molar-refractivity contribution in [2.24, 2.45) is 20.2 Å². The fourth-order valence-electron chi connectivity index (χ4n) is 6.53. The van der Waals surface area contributed by atoms with Crippen LogP contribution in [-0.4, -0.2) is 101 Å². The lowest BCUT2D eigenvalue weighted by molar-refractivity contribution is -0.121. The molecule has 63 heavy (non-hydrogen) atoms. The van der Waals surface area contributed by atoms with Gasteiger partial charge < -0.3 is 25.8 Å². The summed E-state index contributed by atoms with van der Waals surface area (Å²) >= 11 is 2.29. The Morgan fingerprint density at radius 3 is 2.10 bits per heavy atom. The van der Waals surface area contributed by atoms with Crippen LogP contribution < -0.4 is 20.9 Å². The third kappa shape index (κ3) is 14.5. The summed E-state index contributed by atoms with van der Waals surface area (Å²) in [7, 11) is 2.01. The van der Waals surface area contributed by atoms with Gasteiger partial charge in [0, 0.05) is 79.8 Å². The number of para-hydroxylation sites is 1. The number of aromatic nitrogens is 4.